The molecule has 1 aliphatic heterocycles. The molecule has 1 saturated heterocycles. The maximum absolute atomic E-state index is 13.7. The molecular formula is C17H20F2N4O2. The van der Waals surface area contributed by atoms with Gasteiger partial charge in [-0.3, -0.25) is 9.69 Å². The summed E-state index contributed by atoms with van der Waals surface area (Å²) in [5.41, 5.74) is 5.26. The van der Waals surface area contributed by atoms with Crippen molar-refractivity contribution in [1.29, 1.82) is 0 Å². The van der Waals surface area contributed by atoms with Crippen molar-refractivity contribution in [1.82, 2.24) is 15.0 Å². The Morgan fingerprint density at radius 3 is 2.80 bits per heavy atom. The van der Waals surface area contributed by atoms with Gasteiger partial charge in [0.25, 0.3) is 11.7 Å². The zero-order valence-corrected chi connectivity index (χ0v) is 13.8. The lowest BCUT2D eigenvalue weighted by Crippen LogP contribution is -2.35. The van der Waals surface area contributed by atoms with Gasteiger partial charge in [0.1, 0.15) is 11.6 Å². The van der Waals surface area contributed by atoms with Gasteiger partial charge in [0.15, 0.2) is 0 Å². The summed E-state index contributed by atoms with van der Waals surface area (Å²) in [6.45, 7) is 2.09. The molecule has 0 radical (unpaired) electrons. The van der Waals surface area contributed by atoms with Gasteiger partial charge in [0, 0.05) is 12.1 Å². The molecule has 134 valence electrons. The molecule has 6 nitrogen and oxygen atoms in total. The standard InChI is InChI=1S/C17H20F2N4O2/c18-13-4-1-5-14(19)12(13)7-6-11-3-2-8-23(9-11)10-15-21-17(16(20)24)22-25-15/h1,4-5,11H,2-3,6-10H2,(H2,20,24)/t11-/m0/s1. The summed E-state index contributed by atoms with van der Waals surface area (Å²) in [6.07, 6.45) is 3.10. The van der Waals surface area contributed by atoms with Crippen molar-refractivity contribution in [2.75, 3.05) is 13.1 Å². The molecule has 1 fully saturated rings. The van der Waals surface area contributed by atoms with Crippen molar-refractivity contribution in [3.8, 4) is 0 Å². The summed E-state index contributed by atoms with van der Waals surface area (Å²) in [5, 5.41) is 3.52. The molecule has 1 aromatic heterocycles. The second kappa shape index (κ2) is 7.69. The quantitative estimate of drug-likeness (QED) is 0.864. The van der Waals surface area contributed by atoms with Gasteiger partial charge >= 0.3 is 0 Å². The minimum atomic E-state index is -0.724. The van der Waals surface area contributed by atoms with E-state index in [4.69, 9.17) is 10.3 Å². The number of carbonyl (C=O) groups is 1. The van der Waals surface area contributed by atoms with Crippen molar-refractivity contribution in [3.05, 3.63) is 47.1 Å². The van der Waals surface area contributed by atoms with Crippen LogP contribution >= 0.6 is 0 Å². The average Bonchev–Trinajstić information content (AvgIpc) is 3.03. The van der Waals surface area contributed by atoms with E-state index in [0.29, 0.717) is 31.2 Å². The molecule has 8 heteroatoms. The van der Waals surface area contributed by atoms with Crippen molar-refractivity contribution >= 4 is 5.91 Å². The maximum atomic E-state index is 13.7. The van der Waals surface area contributed by atoms with Gasteiger partial charge in [-0.15, -0.1) is 0 Å². The van der Waals surface area contributed by atoms with Gasteiger partial charge in [-0.05, 0) is 50.3 Å². The normalized spacial score (nSPS) is 18.4. The molecule has 1 amide bonds. The van der Waals surface area contributed by atoms with Gasteiger partial charge in [-0.25, -0.2) is 8.78 Å². The van der Waals surface area contributed by atoms with E-state index >= 15 is 0 Å². The molecule has 25 heavy (non-hydrogen) atoms. The fraction of sp³-hybridized carbons (Fsp3) is 0.471. The molecule has 0 spiro atoms. The zero-order chi connectivity index (χ0) is 17.8. The van der Waals surface area contributed by atoms with Crippen LogP contribution in [0.4, 0.5) is 8.78 Å². The number of nitrogens with two attached hydrogens (primary N) is 1. The SMILES string of the molecule is NC(=O)c1noc(CN2CCC[C@@H](CCc3c(F)cccc3F)C2)n1. The molecule has 1 aromatic carbocycles. The summed E-state index contributed by atoms with van der Waals surface area (Å²) in [7, 11) is 0. The Balaban J connectivity index is 1.55. The lowest BCUT2D eigenvalue weighted by atomic mass is 9.91. The first kappa shape index (κ1) is 17.5. The van der Waals surface area contributed by atoms with E-state index in [2.05, 4.69) is 15.0 Å². The van der Waals surface area contributed by atoms with Gasteiger partial charge in [0.2, 0.25) is 5.89 Å². The van der Waals surface area contributed by atoms with Crippen LogP contribution in [0.2, 0.25) is 0 Å². The van der Waals surface area contributed by atoms with Crippen LogP contribution in [0.1, 0.15) is 41.3 Å². The van der Waals surface area contributed by atoms with Crippen LogP contribution in [0.25, 0.3) is 0 Å². The highest BCUT2D eigenvalue weighted by atomic mass is 19.1. The number of piperidine rings is 1. The second-order valence-electron chi connectivity index (χ2n) is 6.36. The van der Waals surface area contributed by atoms with Crippen molar-refractivity contribution in [2.24, 2.45) is 11.7 Å². The van der Waals surface area contributed by atoms with Gasteiger partial charge < -0.3 is 10.3 Å². The average molecular weight is 350 g/mol. The first-order valence-electron chi connectivity index (χ1n) is 8.30. The smallest absolute Gasteiger partial charge is 0.290 e. The number of hydrogen-bond donors (Lipinski definition) is 1. The lowest BCUT2D eigenvalue weighted by molar-refractivity contribution is 0.0987. The van der Waals surface area contributed by atoms with Crippen LogP contribution < -0.4 is 5.73 Å². The molecule has 0 unspecified atom stereocenters. The van der Waals surface area contributed by atoms with Crippen LogP contribution in [0, 0.1) is 17.6 Å². The Hall–Kier alpha value is -2.35. The molecule has 2 heterocycles. The number of rotatable bonds is 6. The van der Waals surface area contributed by atoms with Crippen LogP contribution in [-0.4, -0.2) is 34.0 Å². The van der Waals surface area contributed by atoms with E-state index in [0.717, 1.165) is 25.9 Å². The summed E-state index contributed by atoms with van der Waals surface area (Å²) >= 11 is 0. The third kappa shape index (κ3) is 4.39. The van der Waals surface area contributed by atoms with Crippen LogP contribution in [0.3, 0.4) is 0 Å². The number of halogens is 2. The highest BCUT2D eigenvalue weighted by Crippen LogP contribution is 2.24. The van der Waals surface area contributed by atoms with E-state index in [1.807, 2.05) is 0 Å². The minimum Gasteiger partial charge on any atom is -0.363 e. The minimum absolute atomic E-state index is 0.126. The Morgan fingerprint density at radius 2 is 2.12 bits per heavy atom. The topological polar surface area (TPSA) is 85.2 Å². The molecular weight excluding hydrogens is 330 g/mol. The number of benzene rings is 1. The predicted molar refractivity (Wildman–Crippen MR) is 85.5 cm³/mol. The van der Waals surface area contributed by atoms with E-state index in [1.165, 1.54) is 18.2 Å². The largest absolute Gasteiger partial charge is 0.363 e. The number of amides is 1. The Labute approximate surface area is 144 Å². The zero-order valence-electron chi connectivity index (χ0n) is 13.8. The molecule has 0 bridgehead atoms. The predicted octanol–water partition coefficient (Wildman–Crippen LogP) is 2.29. The number of primary amides is 1. The second-order valence-corrected chi connectivity index (χ2v) is 6.36. The van der Waals surface area contributed by atoms with Gasteiger partial charge in [-0.1, -0.05) is 11.2 Å². The molecule has 0 aliphatic carbocycles. The number of hydrogen-bond acceptors (Lipinski definition) is 5. The first-order chi connectivity index (χ1) is 12.0. The van der Waals surface area contributed by atoms with Crippen molar-refractivity contribution in [3.63, 3.8) is 0 Å². The van der Waals surface area contributed by atoms with Crippen LogP contribution in [0.5, 0.6) is 0 Å². The molecule has 2 aromatic rings. The van der Waals surface area contributed by atoms with E-state index < -0.39 is 17.5 Å². The maximum Gasteiger partial charge on any atom is 0.290 e. The van der Waals surface area contributed by atoms with Gasteiger partial charge in [-0.2, -0.15) is 4.98 Å². The number of likely N-dealkylation sites (tertiary alicyclic amines) is 1. The fourth-order valence-electron chi connectivity index (χ4n) is 3.26. The van der Waals surface area contributed by atoms with Crippen LogP contribution in [-0.2, 0) is 13.0 Å². The summed E-state index contributed by atoms with van der Waals surface area (Å²) in [5.74, 6) is -1.15. The molecule has 1 atom stereocenters. The van der Waals surface area contributed by atoms with Crippen molar-refractivity contribution < 1.29 is 18.1 Å². The summed E-state index contributed by atoms with van der Waals surface area (Å²) < 4.78 is 32.5. The summed E-state index contributed by atoms with van der Waals surface area (Å²) in [4.78, 5) is 17.1. The molecule has 1 aliphatic rings. The molecule has 3 rings (SSSR count). The fourth-order valence-corrected chi connectivity index (χ4v) is 3.26. The summed E-state index contributed by atoms with van der Waals surface area (Å²) in [6, 6.07) is 3.95. The van der Waals surface area contributed by atoms with Gasteiger partial charge in [0.05, 0.1) is 6.54 Å². The van der Waals surface area contributed by atoms with E-state index in [1.54, 1.807) is 0 Å². The van der Waals surface area contributed by atoms with E-state index in [9.17, 15) is 13.6 Å². The molecule has 2 N–H and O–H groups in total. The highest BCUT2D eigenvalue weighted by Gasteiger charge is 2.23. The Kier molecular flexibility index (Phi) is 5.37. The highest BCUT2D eigenvalue weighted by molar-refractivity contribution is 5.88. The first-order valence-corrected chi connectivity index (χ1v) is 8.30. The Morgan fingerprint density at radius 1 is 1.36 bits per heavy atom. The Bertz CT molecular complexity index is 730. The third-order valence-corrected chi connectivity index (χ3v) is 4.51. The van der Waals surface area contributed by atoms with Crippen LogP contribution in [0.15, 0.2) is 22.7 Å². The van der Waals surface area contributed by atoms with E-state index in [-0.39, 0.29) is 11.4 Å². The van der Waals surface area contributed by atoms with Crippen molar-refractivity contribution in [2.45, 2.75) is 32.2 Å². The molecule has 0 saturated carbocycles. The number of carbonyl (C=O) groups excluding carboxylic acids is 1. The number of aromatic nitrogens is 2. The monoisotopic (exact) mass is 350 g/mol. The number of nitrogens with zero attached hydrogens (tertiary/aromatic N) is 3. The third-order valence-electron chi connectivity index (χ3n) is 4.51. The lowest BCUT2D eigenvalue weighted by Gasteiger charge is -2.31.